The summed E-state index contributed by atoms with van der Waals surface area (Å²) in [4.78, 5) is 34.5. The van der Waals surface area contributed by atoms with Gasteiger partial charge in [0.25, 0.3) is 5.56 Å². The van der Waals surface area contributed by atoms with E-state index in [9.17, 15) is 31.2 Å². The Morgan fingerprint density at radius 3 is 2.36 bits per heavy atom. The molecule has 5 rings (SSSR count). The first-order valence-electron chi connectivity index (χ1n) is 13.6. The molecule has 0 bridgehead atoms. The van der Waals surface area contributed by atoms with Crippen LogP contribution in [-0.2, 0) is 26.8 Å². The number of aromatic amines is 1. The summed E-state index contributed by atoms with van der Waals surface area (Å²) in [6, 6.07) is 12.0. The quantitative estimate of drug-likeness (QED) is 0.305. The second-order valence-electron chi connectivity index (χ2n) is 11.3. The lowest BCUT2D eigenvalue weighted by Gasteiger charge is -2.39. The van der Waals surface area contributed by atoms with E-state index in [2.05, 4.69) is 40.8 Å². The number of carbonyl (C=O) groups excluding carboxylic acids is 1. The molecule has 2 N–H and O–H groups in total. The van der Waals surface area contributed by atoms with Gasteiger partial charge >= 0.3 is 6.36 Å². The van der Waals surface area contributed by atoms with Crippen molar-refractivity contribution in [2.24, 2.45) is 0 Å². The molecule has 44 heavy (non-hydrogen) atoms. The van der Waals surface area contributed by atoms with Crippen molar-refractivity contribution in [3.8, 4) is 5.75 Å². The van der Waals surface area contributed by atoms with E-state index in [1.807, 2.05) is 24.3 Å². The molecule has 1 aliphatic rings. The van der Waals surface area contributed by atoms with Crippen molar-refractivity contribution >= 4 is 42.6 Å². The van der Waals surface area contributed by atoms with Crippen LogP contribution < -0.4 is 20.5 Å². The third kappa shape index (κ3) is 6.89. The molecule has 0 unspecified atom stereocenters. The van der Waals surface area contributed by atoms with Gasteiger partial charge in [0.15, 0.2) is 5.13 Å². The smallest absolute Gasteiger partial charge is 0.406 e. The number of sulfonamides is 1. The summed E-state index contributed by atoms with van der Waals surface area (Å²) >= 11 is 1.13. The molecule has 4 aromatic rings. The van der Waals surface area contributed by atoms with Crippen LogP contribution in [0.1, 0.15) is 31.9 Å². The van der Waals surface area contributed by atoms with Gasteiger partial charge in [-0.1, -0.05) is 56.4 Å². The molecule has 0 saturated carbocycles. The minimum atomic E-state index is -4.93. The average Bonchev–Trinajstić information content (AvgIpc) is 3.41. The van der Waals surface area contributed by atoms with E-state index in [1.54, 1.807) is 11.0 Å². The molecule has 2 aromatic heterocycles. The van der Waals surface area contributed by atoms with Crippen molar-refractivity contribution < 1.29 is 31.1 Å². The number of amides is 1. The Morgan fingerprint density at radius 1 is 1.07 bits per heavy atom. The predicted octanol–water partition coefficient (Wildman–Crippen LogP) is 4.38. The van der Waals surface area contributed by atoms with Gasteiger partial charge in [0.05, 0.1) is 10.4 Å². The van der Waals surface area contributed by atoms with Crippen molar-refractivity contribution in [2.45, 2.75) is 50.0 Å². The molecule has 2 aromatic carbocycles. The van der Waals surface area contributed by atoms with Crippen LogP contribution in [0.5, 0.6) is 5.75 Å². The Balaban J connectivity index is 1.41. The van der Waals surface area contributed by atoms with Crippen LogP contribution in [0.4, 0.5) is 18.3 Å². The number of carbonyl (C=O) groups is 1. The van der Waals surface area contributed by atoms with Crippen LogP contribution in [0.25, 0.3) is 10.2 Å². The molecule has 15 heteroatoms. The van der Waals surface area contributed by atoms with E-state index in [-0.39, 0.29) is 42.0 Å². The molecule has 234 valence electrons. The second-order valence-corrected chi connectivity index (χ2v) is 14.1. The lowest BCUT2D eigenvalue weighted by Crippen LogP contribution is -2.60. The number of aromatic nitrogens is 2. The van der Waals surface area contributed by atoms with Crippen LogP contribution >= 0.6 is 11.3 Å². The topological polar surface area (TPSA) is 125 Å². The first-order valence-corrected chi connectivity index (χ1v) is 15.9. The third-order valence-corrected chi connectivity index (χ3v) is 10.2. The zero-order chi connectivity index (χ0) is 31.9. The van der Waals surface area contributed by atoms with Gasteiger partial charge in [-0.3, -0.25) is 9.59 Å². The summed E-state index contributed by atoms with van der Waals surface area (Å²) in [5.41, 5.74) is 2.06. The number of fused-ring (bicyclic) bond motifs is 1. The molecule has 1 aliphatic heterocycles. The Labute approximate surface area is 255 Å². The van der Waals surface area contributed by atoms with E-state index < -0.39 is 34.1 Å². The number of H-pyrrole nitrogens is 1. The van der Waals surface area contributed by atoms with Gasteiger partial charge in [-0.25, -0.2) is 13.4 Å². The molecule has 10 nitrogen and oxygen atoms in total. The lowest BCUT2D eigenvalue weighted by molar-refractivity contribution is -0.274. The second kappa shape index (κ2) is 11.9. The van der Waals surface area contributed by atoms with Gasteiger partial charge in [-0.15, -0.1) is 13.2 Å². The minimum absolute atomic E-state index is 0.0508. The van der Waals surface area contributed by atoms with Crippen molar-refractivity contribution in [2.75, 3.05) is 24.5 Å². The van der Waals surface area contributed by atoms with Gasteiger partial charge < -0.3 is 19.9 Å². The first kappa shape index (κ1) is 31.5. The van der Waals surface area contributed by atoms with Crippen LogP contribution in [0.15, 0.2) is 70.5 Å². The standard InChI is InChI=1S/C29H30F3N5O5S2/c1-28(2,3)19-6-4-18(5-7-19)16-34-25(38)23-17-36(27-35-22-12-13-33-26(39)24(22)43-27)14-15-37(23)44(40,41)21-10-8-20(9-11-21)42-29(30,31)32/h4-13,23H,14-17H2,1-3H3,(H,33,39)(H,34,38)/t23-/m1/s1. The maximum atomic E-state index is 13.7. The van der Waals surface area contributed by atoms with Crippen molar-refractivity contribution in [3.63, 3.8) is 0 Å². The van der Waals surface area contributed by atoms with Crippen LogP contribution in [0.2, 0.25) is 0 Å². The number of halogens is 3. The molecule has 1 amide bonds. The zero-order valence-corrected chi connectivity index (χ0v) is 25.6. The van der Waals surface area contributed by atoms with E-state index in [4.69, 9.17) is 0 Å². The van der Waals surface area contributed by atoms with Crippen LogP contribution in [0, 0.1) is 0 Å². The lowest BCUT2D eigenvalue weighted by atomic mass is 9.87. The number of nitrogens with zero attached hydrogens (tertiary/aromatic N) is 3. The minimum Gasteiger partial charge on any atom is -0.406 e. The summed E-state index contributed by atoms with van der Waals surface area (Å²) in [6.07, 6.45) is -3.45. The van der Waals surface area contributed by atoms with Crippen molar-refractivity contribution in [1.82, 2.24) is 19.6 Å². The average molecular weight is 650 g/mol. The number of rotatable bonds is 7. The summed E-state index contributed by atoms with van der Waals surface area (Å²) in [7, 11) is -4.32. The van der Waals surface area contributed by atoms with Gasteiger partial charge in [0.1, 0.15) is 16.5 Å². The Morgan fingerprint density at radius 2 is 1.75 bits per heavy atom. The summed E-state index contributed by atoms with van der Waals surface area (Å²) in [5, 5.41) is 3.29. The maximum Gasteiger partial charge on any atom is 0.573 e. The number of pyridine rings is 1. The molecule has 1 saturated heterocycles. The Kier molecular flexibility index (Phi) is 8.48. The summed E-state index contributed by atoms with van der Waals surface area (Å²) in [5.74, 6) is -1.13. The highest BCUT2D eigenvalue weighted by molar-refractivity contribution is 7.89. The molecule has 0 aliphatic carbocycles. The van der Waals surface area contributed by atoms with Crippen LogP contribution in [0.3, 0.4) is 0 Å². The normalized spacial score (nSPS) is 16.7. The molecule has 1 atom stereocenters. The third-order valence-electron chi connectivity index (χ3n) is 7.16. The Bertz CT molecular complexity index is 1820. The van der Waals surface area contributed by atoms with Gasteiger partial charge in [0, 0.05) is 32.4 Å². The van der Waals surface area contributed by atoms with Crippen molar-refractivity contribution in [3.05, 3.63) is 82.3 Å². The number of hydrogen-bond acceptors (Lipinski definition) is 8. The number of anilines is 1. The highest BCUT2D eigenvalue weighted by Crippen LogP contribution is 2.31. The van der Waals surface area contributed by atoms with E-state index >= 15 is 0 Å². The predicted molar refractivity (Wildman–Crippen MR) is 160 cm³/mol. The maximum absolute atomic E-state index is 13.7. The Hall–Kier alpha value is -3.95. The number of nitrogens with one attached hydrogen (secondary N) is 2. The number of hydrogen-bond donors (Lipinski definition) is 2. The largest absolute Gasteiger partial charge is 0.573 e. The summed E-state index contributed by atoms with van der Waals surface area (Å²) in [6.45, 7) is 6.39. The van der Waals surface area contributed by atoms with E-state index in [1.165, 1.54) is 6.20 Å². The number of benzene rings is 2. The molecular formula is C29H30F3N5O5S2. The fourth-order valence-corrected chi connectivity index (χ4v) is 7.37. The monoisotopic (exact) mass is 649 g/mol. The molecular weight excluding hydrogens is 619 g/mol. The van der Waals surface area contributed by atoms with Gasteiger partial charge in [0.2, 0.25) is 15.9 Å². The number of alkyl halides is 3. The van der Waals surface area contributed by atoms with Crippen molar-refractivity contribution in [1.29, 1.82) is 0 Å². The fourth-order valence-electron chi connectivity index (χ4n) is 4.81. The van der Waals surface area contributed by atoms with E-state index in [0.29, 0.717) is 15.3 Å². The number of piperazine rings is 1. The SMILES string of the molecule is CC(C)(C)c1ccc(CNC(=O)[C@H]2CN(c3nc4cc[nH]c(=O)c4s3)CCN2S(=O)(=O)c2ccc(OC(F)(F)F)cc2)cc1. The number of ether oxygens (including phenoxy) is 1. The highest BCUT2D eigenvalue weighted by Gasteiger charge is 2.41. The fraction of sp³-hybridized carbons (Fsp3) is 0.345. The first-order chi connectivity index (χ1) is 20.6. The number of thiazole rings is 1. The molecule has 3 heterocycles. The summed E-state index contributed by atoms with van der Waals surface area (Å²) < 4.78 is 70.6. The van der Waals surface area contributed by atoms with E-state index in [0.717, 1.165) is 51.0 Å². The van der Waals surface area contributed by atoms with Gasteiger partial charge in [-0.05, 0) is 46.9 Å². The zero-order valence-electron chi connectivity index (χ0n) is 24.0. The highest BCUT2D eigenvalue weighted by atomic mass is 32.2. The molecule has 0 radical (unpaired) electrons. The van der Waals surface area contributed by atoms with Crippen LogP contribution in [-0.4, -0.2) is 60.6 Å². The molecule has 1 fully saturated rings. The van der Waals surface area contributed by atoms with Gasteiger partial charge in [-0.2, -0.15) is 4.31 Å². The molecule has 0 spiro atoms.